The molecule has 3 rings (SSSR count). The van der Waals surface area contributed by atoms with Gasteiger partial charge in [0.15, 0.2) is 5.17 Å². The van der Waals surface area contributed by atoms with Gasteiger partial charge in [0.2, 0.25) is 6.19 Å². The van der Waals surface area contributed by atoms with E-state index in [4.69, 9.17) is 10.00 Å². The highest BCUT2D eigenvalue weighted by Gasteiger charge is 2.23. The normalized spacial score (nSPS) is 16.7. The minimum absolute atomic E-state index is 0.248. The summed E-state index contributed by atoms with van der Waals surface area (Å²) in [5, 5.41) is 11.4. The van der Waals surface area contributed by atoms with Crippen molar-refractivity contribution in [2.75, 3.05) is 6.61 Å². The zero-order valence-electron chi connectivity index (χ0n) is 13.3. The number of nitrogens with zero attached hydrogens (tertiary/aromatic N) is 2. The molecule has 1 aliphatic heterocycles. The fourth-order valence-corrected chi connectivity index (χ4v) is 3.05. The number of hydrogen-bond donors (Lipinski definition) is 1. The lowest BCUT2D eigenvalue weighted by atomic mass is 10.2. The lowest BCUT2D eigenvalue weighted by molar-refractivity contribution is -0.115. The van der Waals surface area contributed by atoms with Crippen molar-refractivity contribution in [2.24, 2.45) is 4.99 Å². The van der Waals surface area contributed by atoms with Gasteiger partial charge in [-0.05, 0) is 41.1 Å². The first-order chi connectivity index (χ1) is 12.2. The molecule has 0 radical (unpaired) electrons. The Bertz CT molecular complexity index is 852. The molecule has 0 saturated carbocycles. The second-order valence-electron chi connectivity index (χ2n) is 5.23. The van der Waals surface area contributed by atoms with Gasteiger partial charge >= 0.3 is 0 Å². The molecule has 1 saturated heterocycles. The summed E-state index contributed by atoms with van der Waals surface area (Å²) in [6, 6.07) is 17.7. The summed E-state index contributed by atoms with van der Waals surface area (Å²) in [6.45, 7) is 0.608. The van der Waals surface area contributed by atoms with Crippen LogP contribution in [0.25, 0.3) is 6.08 Å². The van der Waals surface area contributed by atoms with Crippen LogP contribution in [0.2, 0.25) is 0 Å². The van der Waals surface area contributed by atoms with Crippen LogP contribution in [0.15, 0.2) is 64.5 Å². The number of rotatable bonds is 5. The van der Waals surface area contributed by atoms with Gasteiger partial charge in [0.05, 0.1) is 11.5 Å². The average Bonchev–Trinajstić information content (AvgIpc) is 2.97. The average molecular weight is 349 g/mol. The molecule has 1 amide bonds. The maximum atomic E-state index is 11.8. The predicted molar refractivity (Wildman–Crippen MR) is 98.8 cm³/mol. The number of benzene rings is 2. The van der Waals surface area contributed by atoms with E-state index in [-0.39, 0.29) is 5.91 Å². The summed E-state index contributed by atoms with van der Waals surface area (Å²) in [7, 11) is 0. The molecule has 0 unspecified atom stereocenters. The zero-order valence-corrected chi connectivity index (χ0v) is 14.1. The minimum atomic E-state index is -0.248. The van der Waals surface area contributed by atoms with Gasteiger partial charge in [-0.1, -0.05) is 42.5 Å². The molecule has 0 atom stereocenters. The van der Waals surface area contributed by atoms with E-state index in [1.165, 1.54) is 5.56 Å². The SMILES string of the molecule is N#CN=C1NC(=O)/C(=C\c2ccc(OCCc3ccccc3)cc2)S1. The van der Waals surface area contributed by atoms with Crippen molar-refractivity contribution in [3.05, 3.63) is 70.6 Å². The van der Waals surface area contributed by atoms with Gasteiger partial charge in [-0.2, -0.15) is 5.26 Å². The van der Waals surface area contributed by atoms with E-state index in [2.05, 4.69) is 22.4 Å². The molecule has 2 aromatic carbocycles. The van der Waals surface area contributed by atoms with Crippen LogP contribution in [0.4, 0.5) is 0 Å². The second-order valence-corrected chi connectivity index (χ2v) is 6.27. The molecule has 1 N–H and O–H groups in total. The standard InChI is InChI=1S/C19H15N3O2S/c20-13-21-19-22-18(23)17(25-19)12-15-6-8-16(9-7-15)24-11-10-14-4-2-1-3-5-14/h1-9,12H,10-11H2,(H,21,22,23)/b17-12+. The molecule has 6 heteroatoms. The third kappa shape index (κ3) is 4.72. The van der Waals surface area contributed by atoms with E-state index in [0.717, 1.165) is 29.5 Å². The smallest absolute Gasteiger partial charge is 0.264 e. The third-order valence-corrected chi connectivity index (χ3v) is 4.39. The Labute approximate surface area is 150 Å². The van der Waals surface area contributed by atoms with Crippen molar-refractivity contribution in [3.8, 4) is 11.9 Å². The number of ether oxygens (including phenoxy) is 1. The number of nitriles is 1. The molecule has 1 aliphatic rings. The van der Waals surface area contributed by atoms with Crippen LogP contribution in [-0.2, 0) is 11.2 Å². The van der Waals surface area contributed by atoms with E-state index in [9.17, 15) is 4.79 Å². The van der Waals surface area contributed by atoms with Crippen molar-refractivity contribution >= 4 is 28.9 Å². The van der Waals surface area contributed by atoms with Crippen LogP contribution >= 0.6 is 11.8 Å². The summed E-state index contributed by atoms with van der Waals surface area (Å²) in [5.74, 6) is 0.538. The highest BCUT2D eigenvalue weighted by molar-refractivity contribution is 8.18. The number of aliphatic imine (C=N–C) groups is 1. The van der Waals surface area contributed by atoms with E-state index in [1.807, 2.05) is 42.5 Å². The van der Waals surface area contributed by atoms with E-state index >= 15 is 0 Å². The minimum Gasteiger partial charge on any atom is -0.493 e. The molecule has 1 fully saturated rings. The molecule has 1 heterocycles. The molecule has 5 nitrogen and oxygen atoms in total. The van der Waals surface area contributed by atoms with Gasteiger partial charge in [-0.25, -0.2) is 0 Å². The number of thioether (sulfide) groups is 1. The highest BCUT2D eigenvalue weighted by Crippen LogP contribution is 2.26. The van der Waals surface area contributed by atoms with Gasteiger partial charge in [0.1, 0.15) is 5.75 Å². The second kappa shape index (κ2) is 8.18. The number of carbonyl (C=O) groups is 1. The maximum Gasteiger partial charge on any atom is 0.264 e. The lowest BCUT2D eigenvalue weighted by Gasteiger charge is -2.06. The largest absolute Gasteiger partial charge is 0.493 e. The number of amides is 1. The van der Waals surface area contributed by atoms with E-state index in [0.29, 0.717) is 16.7 Å². The van der Waals surface area contributed by atoms with E-state index < -0.39 is 0 Å². The molecule has 0 aromatic heterocycles. The van der Waals surface area contributed by atoms with Crippen molar-refractivity contribution < 1.29 is 9.53 Å². The Kier molecular flexibility index (Phi) is 5.50. The van der Waals surface area contributed by atoms with Crippen LogP contribution in [0, 0.1) is 11.5 Å². The summed E-state index contributed by atoms with van der Waals surface area (Å²) < 4.78 is 5.74. The number of nitrogens with one attached hydrogen (secondary N) is 1. The van der Waals surface area contributed by atoms with Gasteiger partial charge in [0, 0.05) is 6.42 Å². The van der Waals surface area contributed by atoms with Crippen LogP contribution in [-0.4, -0.2) is 17.7 Å². The van der Waals surface area contributed by atoms with Crippen molar-refractivity contribution in [3.63, 3.8) is 0 Å². The quantitative estimate of drug-likeness (QED) is 0.663. The number of hydrogen-bond acceptors (Lipinski definition) is 5. The van der Waals surface area contributed by atoms with Crippen LogP contribution in [0.1, 0.15) is 11.1 Å². The van der Waals surface area contributed by atoms with Crippen LogP contribution in [0.3, 0.4) is 0 Å². The predicted octanol–water partition coefficient (Wildman–Crippen LogP) is 3.35. The van der Waals surface area contributed by atoms with Crippen molar-refractivity contribution in [1.29, 1.82) is 5.26 Å². The molecule has 0 bridgehead atoms. The Morgan fingerprint density at radius 1 is 1.16 bits per heavy atom. The summed E-state index contributed by atoms with van der Waals surface area (Å²) >= 11 is 1.15. The summed E-state index contributed by atoms with van der Waals surface area (Å²) in [5.41, 5.74) is 2.12. The molecule has 124 valence electrons. The molecular weight excluding hydrogens is 334 g/mol. The third-order valence-electron chi connectivity index (χ3n) is 3.48. The molecule has 2 aromatic rings. The highest BCUT2D eigenvalue weighted by atomic mass is 32.2. The van der Waals surface area contributed by atoms with Gasteiger partial charge < -0.3 is 4.74 Å². The number of carbonyl (C=O) groups excluding carboxylic acids is 1. The van der Waals surface area contributed by atoms with Crippen LogP contribution in [0.5, 0.6) is 5.75 Å². The zero-order chi connectivity index (χ0) is 17.5. The van der Waals surface area contributed by atoms with Gasteiger partial charge in [0.25, 0.3) is 5.91 Å². The lowest BCUT2D eigenvalue weighted by Crippen LogP contribution is -2.19. The topological polar surface area (TPSA) is 74.5 Å². The maximum absolute atomic E-state index is 11.8. The fourth-order valence-electron chi connectivity index (χ4n) is 2.27. The van der Waals surface area contributed by atoms with Gasteiger partial charge in [-0.15, -0.1) is 4.99 Å². The first-order valence-electron chi connectivity index (χ1n) is 7.69. The Hall–Kier alpha value is -3.04. The first kappa shape index (κ1) is 16.8. The Morgan fingerprint density at radius 2 is 1.92 bits per heavy atom. The van der Waals surface area contributed by atoms with Crippen LogP contribution < -0.4 is 10.1 Å². The molecule has 25 heavy (non-hydrogen) atoms. The van der Waals surface area contributed by atoms with Crippen molar-refractivity contribution in [2.45, 2.75) is 6.42 Å². The van der Waals surface area contributed by atoms with E-state index in [1.54, 1.807) is 12.3 Å². The Balaban J connectivity index is 1.57. The monoisotopic (exact) mass is 349 g/mol. The Morgan fingerprint density at radius 3 is 2.64 bits per heavy atom. The van der Waals surface area contributed by atoms with Gasteiger partial charge in [-0.3, -0.25) is 10.1 Å². The molecule has 0 spiro atoms. The fraction of sp³-hybridized carbons (Fsp3) is 0.105. The van der Waals surface area contributed by atoms with Crippen molar-refractivity contribution in [1.82, 2.24) is 5.32 Å². The number of amidine groups is 1. The first-order valence-corrected chi connectivity index (χ1v) is 8.51. The molecular formula is C19H15N3O2S. The summed E-state index contributed by atoms with van der Waals surface area (Å²) in [4.78, 5) is 15.8. The summed E-state index contributed by atoms with van der Waals surface area (Å²) in [6.07, 6.45) is 4.27. The molecule has 0 aliphatic carbocycles.